The van der Waals surface area contributed by atoms with Crippen LogP contribution < -0.4 is 4.90 Å². The van der Waals surface area contributed by atoms with E-state index >= 15 is 0 Å². The molecule has 0 aromatic carbocycles. The highest BCUT2D eigenvalue weighted by atomic mass is 16.4. The molecule has 8 nitrogen and oxygen atoms in total. The highest BCUT2D eigenvalue weighted by Gasteiger charge is 2.28. The third kappa shape index (κ3) is 2.88. The molecule has 0 aliphatic carbocycles. The van der Waals surface area contributed by atoms with Gasteiger partial charge in [-0.15, -0.1) is 0 Å². The number of nitrogens with zero attached hydrogens (tertiary/aromatic N) is 3. The number of hydrogen-bond acceptors (Lipinski definition) is 6. The van der Waals surface area contributed by atoms with Crippen LogP contribution in [0.4, 0.5) is 5.88 Å². The van der Waals surface area contributed by atoms with Gasteiger partial charge in [0.1, 0.15) is 12.5 Å². The molecule has 0 radical (unpaired) electrons. The summed E-state index contributed by atoms with van der Waals surface area (Å²) in [6.07, 6.45) is 0.518. The molecule has 106 valence electrons. The molecule has 1 aromatic heterocycles. The van der Waals surface area contributed by atoms with Crippen molar-refractivity contribution in [3.05, 3.63) is 11.6 Å². The maximum Gasteiger partial charge on any atom is 0.312 e. The SMILES string of the molecule is N#Cc1nc(CC(=O)O)oc1N1CCC(C(=O)O)CC1. The van der Waals surface area contributed by atoms with Gasteiger partial charge in [-0.2, -0.15) is 10.2 Å². The predicted molar refractivity (Wildman–Crippen MR) is 65.1 cm³/mol. The Morgan fingerprint density at radius 2 is 2.05 bits per heavy atom. The maximum absolute atomic E-state index is 10.9. The van der Waals surface area contributed by atoms with E-state index in [0.29, 0.717) is 25.9 Å². The van der Waals surface area contributed by atoms with Crippen LogP contribution in [0, 0.1) is 17.2 Å². The summed E-state index contributed by atoms with van der Waals surface area (Å²) >= 11 is 0. The maximum atomic E-state index is 10.9. The van der Waals surface area contributed by atoms with Crippen molar-refractivity contribution in [2.24, 2.45) is 5.92 Å². The van der Waals surface area contributed by atoms with Gasteiger partial charge in [0.25, 0.3) is 0 Å². The van der Waals surface area contributed by atoms with Crippen molar-refractivity contribution in [2.45, 2.75) is 19.3 Å². The van der Waals surface area contributed by atoms with Crippen LogP contribution in [0.25, 0.3) is 0 Å². The second-order valence-corrected chi connectivity index (χ2v) is 4.54. The number of anilines is 1. The Kier molecular flexibility index (Phi) is 3.89. The fourth-order valence-corrected chi connectivity index (χ4v) is 2.18. The number of aromatic nitrogens is 1. The fraction of sp³-hybridized carbons (Fsp3) is 0.500. The highest BCUT2D eigenvalue weighted by molar-refractivity contribution is 5.70. The minimum absolute atomic E-state index is 0.0237. The quantitative estimate of drug-likeness (QED) is 0.814. The molecule has 1 aromatic rings. The standard InChI is InChI=1S/C12H13N3O5/c13-6-8-11(20-9(14-8)5-10(16)17)15-3-1-7(2-4-15)12(18)19/h7H,1-5H2,(H,16,17)(H,18,19). The molecule has 0 saturated carbocycles. The lowest BCUT2D eigenvalue weighted by atomic mass is 9.97. The van der Waals surface area contributed by atoms with Crippen LogP contribution in [0.5, 0.6) is 0 Å². The van der Waals surface area contributed by atoms with Crippen molar-refractivity contribution < 1.29 is 24.2 Å². The normalized spacial score (nSPS) is 15.8. The first-order valence-electron chi connectivity index (χ1n) is 6.10. The van der Waals surface area contributed by atoms with E-state index in [-0.39, 0.29) is 23.9 Å². The zero-order valence-corrected chi connectivity index (χ0v) is 10.6. The van der Waals surface area contributed by atoms with Gasteiger partial charge in [-0.25, -0.2) is 0 Å². The predicted octanol–water partition coefficient (Wildman–Crippen LogP) is 0.474. The Bertz CT molecular complexity index is 566. The number of aliphatic carboxylic acids is 2. The van der Waals surface area contributed by atoms with Crippen LogP contribution in [-0.4, -0.2) is 40.2 Å². The van der Waals surface area contributed by atoms with Crippen LogP contribution in [0.1, 0.15) is 24.4 Å². The number of carbonyl (C=O) groups is 2. The van der Waals surface area contributed by atoms with Gasteiger partial charge in [0.05, 0.1) is 5.92 Å². The van der Waals surface area contributed by atoms with E-state index in [9.17, 15) is 9.59 Å². The van der Waals surface area contributed by atoms with Crippen LogP contribution >= 0.6 is 0 Å². The smallest absolute Gasteiger partial charge is 0.312 e. The number of oxazole rings is 1. The molecule has 2 rings (SSSR count). The zero-order chi connectivity index (χ0) is 14.7. The van der Waals surface area contributed by atoms with E-state index in [1.165, 1.54) is 0 Å². The molecule has 0 spiro atoms. The average molecular weight is 279 g/mol. The van der Waals surface area contributed by atoms with E-state index in [1.807, 2.05) is 6.07 Å². The summed E-state index contributed by atoms with van der Waals surface area (Å²) < 4.78 is 5.32. The van der Waals surface area contributed by atoms with Crippen molar-refractivity contribution in [3.63, 3.8) is 0 Å². The number of hydrogen-bond donors (Lipinski definition) is 2. The van der Waals surface area contributed by atoms with Crippen molar-refractivity contribution in [3.8, 4) is 6.07 Å². The summed E-state index contributed by atoms with van der Waals surface area (Å²) in [5.74, 6) is -2.10. The first-order chi connectivity index (χ1) is 9.51. The second kappa shape index (κ2) is 5.61. The van der Waals surface area contributed by atoms with Crippen molar-refractivity contribution >= 4 is 17.8 Å². The number of carboxylic acid groups (broad SMARTS) is 2. The van der Waals surface area contributed by atoms with Gasteiger partial charge in [-0.05, 0) is 12.8 Å². The van der Waals surface area contributed by atoms with E-state index in [2.05, 4.69) is 4.98 Å². The minimum Gasteiger partial charge on any atom is -0.481 e. The monoisotopic (exact) mass is 279 g/mol. The molecule has 0 bridgehead atoms. The molecule has 2 N–H and O–H groups in total. The van der Waals surface area contributed by atoms with E-state index < -0.39 is 17.9 Å². The Hall–Kier alpha value is -2.56. The molecular weight excluding hydrogens is 266 g/mol. The molecule has 0 unspecified atom stereocenters. The van der Waals surface area contributed by atoms with Crippen LogP contribution in [0.2, 0.25) is 0 Å². The Labute approximate surface area is 114 Å². The third-order valence-corrected chi connectivity index (χ3v) is 3.19. The van der Waals surface area contributed by atoms with Crippen LogP contribution in [0.15, 0.2) is 4.42 Å². The van der Waals surface area contributed by atoms with Gasteiger partial charge in [0, 0.05) is 13.1 Å². The molecule has 0 amide bonds. The highest BCUT2D eigenvalue weighted by Crippen LogP contribution is 2.27. The Morgan fingerprint density at radius 1 is 1.40 bits per heavy atom. The van der Waals surface area contributed by atoms with E-state index in [4.69, 9.17) is 19.9 Å². The number of nitriles is 1. The average Bonchev–Trinajstić information content (AvgIpc) is 2.81. The molecule has 20 heavy (non-hydrogen) atoms. The topological polar surface area (TPSA) is 128 Å². The lowest BCUT2D eigenvalue weighted by molar-refractivity contribution is -0.142. The molecule has 8 heteroatoms. The Morgan fingerprint density at radius 3 is 2.55 bits per heavy atom. The molecule has 1 aliphatic rings. The van der Waals surface area contributed by atoms with Gasteiger partial charge in [0.15, 0.2) is 0 Å². The zero-order valence-electron chi connectivity index (χ0n) is 10.6. The molecule has 2 heterocycles. The number of rotatable bonds is 4. The summed E-state index contributed by atoms with van der Waals surface area (Å²) in [6.45, 7) is 0.876. The van der Waals surface area contributed by atoms with Crippen molar-refractivity contribution in [1.82, 2.24) is 4.98 Å². The minimum atomic E-state index is -1.09. The Balaban J connectivity index is 2.13. The van der Waals surface area contributed by atoms with Gasteiger partial charge in [0.2, 0.25) is 17.5 Å². The summed E-state index contributed by atoms with van der Waals surface area (Å²) in [5.41, 5.74) is 0.0371. The molecular formula is C12H13N3O5. The van der Waals surface area contributed by atoms with E-state index in [1.54, 1.807) is 4.90 Å². The van der Waals surface area contributed by atoms with Gasteiger partial charge in [-0.3, -0.25) is 9.59 Å². The van der Waals surface area contributed by atoms with Crippen molar-refractivity contribution in [1.29, 1.82) is 5.26 Å². The summed E-state index contributed by atoms with van der Waals surface area (Å²) in [4.78, 5) is 27.0. The first kappa shape index (κ1) is 13.9. The lowest BCUT2D eigenvalue weighted by Gasteiger charge is -2.29. The van der Waals surface area contributed by atoms with Crippen LogP contribution in [0.3, 0.4) is 0 Å². The van der Waals surface area contributed by atoms with Crippen LogP contribution in [-0.2, 0) is 16.0 Å². The lowest BCUT2D eigenvalue weighted by Crippen LogP contribution is -2.36. The van der Waals surface area contributed by atoms with Crippen molar-refractivity contribution in [2.75, 3.05) is 18.0 Å². The third-order valence-electron chi connectivity index (χ3n) is 3.19. The first-order valence-corrected chi connectivity index (χ1v) is 6.10. The number of carboxylic acids is 2. The molecule has 1 fully saturated rings. The van der Waals surface area contributed by atoms with Gasteiger partial charge < -0.3 is 19.5 Å². The number of piperidine rings is 1. The van der Waals surface area contributed by atoms with E-state index in [0.717, 1.165) is 0 Å². The fourth-order valence-electron chi connectivity index (χ4n) is 2.18. The molecule has 1 aliphatic heterocycles. The van der Waals surface area contributed by atoms with Gasteiger partial charge >= 0.3 is 11.9 Å². The largest absolute Gasteiger partial charge is 0.481 e. The van der Waals surface area contributed by atoms with Gasteiger partial charge in [-0.1, -0.05) is 0 Å². The molecule has 1 saturated heterocycles. The molecule has 0 atom stereocenters. The summed E-state index contributed by atoms with van der Waals surface area (Å²) in [5, 5.41) is 26.6. The second-order valence-electron chi connectivity index (χ2n) is 4.54. The summed E-state index contributed by atoms with van der Waals surface area (Å²) in [7, 11) is 0. The summed E-state index contributed by atoms with van der Waals surface area (Å²) in [6, 6.07) is 1.86.